The first-order valence-corrected chi connectivity index (χ1v) is 5.08. The molecular formula is C10H17N3O2. The van der Waals surface area contributed by atoms with Crippen molar-refractivity contribution in [3.8, 4) is 0 Å². The van der Waals surface area contributed by atoms with Gasteiger partial charge >= 0.3 is 5.69 Å². The topological polar surface area (TPSA) is 80.9 Å². The normalized spacial score (nSPS) is 14.9. The number of aromatic nitrogens is 2. The van der Waals surface area contributed by atoms with Crippen LogP contribution >= 0.6 is 0 Å². The molecule has 2 unspecified atom stereocenters. The van der Waals surface area contributed by atoms with Crippen LogP contribution in [0.2, 0.25) is 0 Å². The molecular weight excluding hydrogens is 194 g/mol. The summed E-state index contributed by atoms with van der Waals surface area (Å²) < 4.78 is 1.48. The van der Waals surface area contributed by atoms with Crippen molar-refractivity contribution in [2.24, 2.45) is 5.92 Å². The van der Waals surface area contributed by atoms with E-state index in [9.17, 15) is 9.59 Å². The Morgan fingerprint density at radius 1 is 1.47 bits per heavy atom. The Hall–Kier alpha value is -1.52. The van der Waals surface area contributed by atoms with Gasteiger partial charge in [0.2, 0.25) is 0 Å². The van der Waals surface area contributed by atoms with Crippen molar-refractivity contribution in [1.29, 1.82) is 0 Å². The molecule has 0 aliphatic heterocycles. The second kappa shape index (κ2) is 4.33. The summed E-state index contributed by atoms with van der Waals surface area (Å²) in [5.74, 6) is 0.355. The zero-order valence-corrected chi connectivity index (χ0v) is 9.28. The highest BCUT2D eigenvalue weighted by Gasteiger charge is 2.14. The van der Waals surface area contributed by atoms with E-state index < -0.39 is 11.2 Å². The number of nitrogens with one attached hydrogen (secondary N) is 1. The minimum Gasteiger partial charge on any atom is -0.393 e. The SMILES string of the molecule is CCC(C)C(C)n1cc(N)c(=O)[nH]c1=O. The Balaban J connectivity index is 3.21. The smallest absolute Gasteiger partial charge is 0.328 e. The lowest BCUT2D eigenvalue weighted by Crippen LogP contribution is -2.34. The van der Waals surface area contributed by atoms with Gasteiger partial charge in [-0.05, 0) is 12.8 Å². The van der Waals surface area contributed by atoms with E-state index in [0.717, 1.165) is 6.42 Å². The Morgan fingerprint density at radius 2 is 2.07 bits per heavy atom. The van der Waals surface area contributed by atoms with Crippen molar-refractivity contribution >= 4 is 5.69 Å². The van der Waals surface area contributed by atoms with Gasteiger partial charge in [-0.3, -0.25) is 14.3 Å². The third-order valence-electron chi connectivity index (χ3n) is 2.90. The first-order valence-electron chi connectivity index (χ1n) is 5.08. The van der Waals surface area contributed by atoms with Crippen LogP contribution in [0.5, 0.6) is 0 Å². The minimum atomic E-state index is -0.521. The molecule has 5 heteroatoms. The van der Waals surface area contributed by atoms with E-state index in [4.69, 9.17) is 5.73 Å². The molecule has 0 saturated carbocycles. The number of rotatable bonds is 3. The van der Waals surface area contributed by atoms with Crippen molar-refractivity contribution in [2.45, 2.75) is 33.2 Å². The van der Waals surface area contributed by atoms with Crippen molar-refractivity contribution in [3.63, 3.8) is 0 Å². The van der Waals surface area contributed by atoms with Gasteiger partial charge in [-0.15, -0.1) is 0 Å². The van der Waals surface area contributed by atoms with Crippen LogP contribution in [0.4, 0.5) is 5.69 Å². The highest BCUT2D eigenvalue weighted by Crippen LogP contribution is 2.18. The van der Waals surface area contributed by atoms with Crippen LogP contribution in [0.25, 0.3) is 0 Å². The summed E-state index contributed by atoms with van der Waals surface area (Å²) in [5, 5.41) is 0. The van der Waals surface area contributed by atoms with Crippen LogP contribution in [0.3, 0.4) is 0 Å². The number of aromatic amines is 1. The Morgan fingerprint density at radius 3 is 2.60 bits per heavy atom. The van der Waals surface area contributed by atoms with Crippen molar-refractivity contribution in [1.82, 2.24) is 9.55 Å². The lowest BCUT2D eigenvalue weighted by molar-refractivity contribution is 0.358. The number of hydrogen-bond donors (Lipinski definition) is 2. The fourth-order valence-electron chi connectivity index (χ4n) is 1.42. The number of nitrogens with two attached hydrogens (primary N) is 1. The van der Waals surface area contributed by atoms with E-state index in [-0.39, 0.29) is 11.7 Å². The molecule has 0 radical (unpaired) electrons. The van der Waals surface area contributed by atoms with Crippen LogP contribution in [0.1, 0.15) is 33.2 Å². The van der Waals surface area contributed by atoms with E-state index >= 15 is 0 Å². The molecule has 1 rings (SSSR count). The first kappa shape index (κ1) is 11.6. The van der Waals surface area contributed by atoms with Gasteiger partial charge in [0, 0.05) is 12.2 Å². The number of anilines is 1. The molecule has 15 heavy (non-hydrogen) atoms. The van der Waals surface area contributed by atoms with Crippen molar-refractivity contribution in [3.05, 3.63) is 27.0 Å². The Kier molecular flexibility index (Phi) is 3.34. The second-order valence-electron chi connectivity index (χ2n) is 3.88. The molecule has 1 heterocycles. The van der Waals surface area contributed by atoms with Crippen molar-refractivity contribution < 1.29 is 0 Å². The number of nitrogens with zero attached hydrogens (tertiary/aromatic N) is 1. The van der Waals surface area contributed by atoms with Crippen LogP contribution in [0, 0.1) is 5.92 Å². The molecule has 0 aliphatic rings. The first-order chi connectivity index (χ1) is 6.97. The molecule has 0 aliphatic carbocycles. The van der Waals surface area contributed by atoms with E-state index in [0.29, 0.717) is 5.92 Å². The summed E-state index contributed by atoms with van der Waals surface area (Å²) in [7, 11) is 0. The lowest BCUT2D eigenvalue weighted by Gasteiger charge is -2.20. The molecule has 1 aromatic rings. The fourth-order valence-corrected chi connectivity index (χ4v) is 1.42. The van der Waals surface area contributed by atoms with E-state index in [2.05, 4.69) is 18.8 Å². The van der Waals surface area contributed by atoms with E-state index in [1.807, 2.05) is 6.92 Å². The van der Waals surface area contributed by atoms with Gasteiger partial charge in [-0.2, -0.15) is 0 Å². The highest BCUT2D eigenvalue weighted by atomic mass is 16.2. The summed E-state index contributed by atoms with van der Waals surface area (Å²) in [6.07, 6.45) is 2.38. The van der Waals surface area contributed by atoms with Crippen LogP contribution in [-0.2, 0) is 0 Å². The number of nitrogen functional groups attached to an aromatic ring is 1. The minimum absolute atomic E-state index is 0.0293. The molecule has 0 aromatic carbocycles. The molecule has 3 N–H and O–H groups in total. The fraction of sp³-hybridized carbons (Fsp3) is 0.600. The van der Waals surface area contributed by atoms with Gasteiger partial charge in [0.15, 0.2) is 0 Å². The van der Waals surface area contributed by atoms with Gasteiger partial charge in [-0.25, -0.2) is 4.79 Å². The third kappa shape index (κ3) is 2.29. The maximum Gasteiger partial charge on any atom is 0.328 e. The third-order valence-corrected chi connectivity index (χ3v) is 2.90. The van der Waals surface area contributed by atoms with E-state index in [1.165, 1.54) is 10.8 Å². The molecule has 5 nitrogen and oxygen atoms in total. The molecule has 2 atom stereocenters. The Bertz CT molecular complexity index is 447. The van der Waals surface area contributed by atoms with Gasteiger partial charge in [0.25, 0.3) is 5.56 Å². The quantitative estimate of drug-likeness (QED) is 0.773. The van der Waals surface area contributed by atoms with Crippen LogP contribution < -0.4 is 17.0 Å². The summed E-state index contributed by atoms with van der Waals surface area (Å²) >= 11 is 0. The molecule has 84 valence electrons. The molecule has 0 fully saturated rings. The maximum atomic E-state index is 11.5. The average molecular weight is 211 g/mol. The number of H-pyrrole nitrogens is 1. The summed E-state index contributed by atoms with van der Waals surface area (Å²) in [6, 6.07) is 0.0293. The molecule has 0 saturated heterocycles. The predicted octanol–water partition coefficient (Wildman–Crippen LogP) is 0.726. The van der Waals surface area contributed by atoms with Crippen LogP contribution in [0.15, 0.2) is 15.8 Å². The summed E-state index contributed by atoms with van der Waals surface area (Å²) in [4.78, 5) is 24.8. The monoisotopic (exact) mass is 211 g/mol. The summed E-state index contributed by atoms with van der Waals surface area (Å²) in [6.45, 7) is 6.05. The molecule has 0 spiro atoms. The van der Waals surface area contributed by atoms with E-state index in [1.54, 1.807) is 0 Å². The predicted molar refractivity (Wildman–Crippen MR) is 59.9 cm³/mol. The van der Waals surface area contributed by atoms with Gasteiger partial charge < -0.3 is 5.73 Å². The number of hydrogen-bond acceptors (Lipinski definition) is 3. The summed E-state index contributed by atoms with van der Waals surface area (Å²) in [5.41, 5.74) is 4.62. The van der Waals surface area contributed by atoms with Gasteiger partial charge in [-0.1, -0.05) is 20.3 Å². The molecule has 0 amide bonds. The van der Waals surface area contributed by atoms with Gasteiger partial charge in [0.1, 0.15) is 5.69 Å². The molecule has 0 bridgehead atoms. The average Bonchev–Trinajstić information content (AvgIpc) is 2.21. The molecule has 1 aromatic heterocycles. The second-order valence-corrected chi connectivity index (χ2v) is 3.88. The van der Waals surface area contributed by atoms with Crippen LogP contribution in [-0.4, -0.2) is 9.55 Å². The largest absolute Gasteiger partial charge is 0.393 e. The zero-order chi connectivity index (χ0) is 11.6. The lowest BCUT2D eigenvalue weighted by atomic mass is 10.0. The Labute approximate surface area is 87.9 Å². The zero-order valence-electron chi connectivity index (χ0n) is 9.28. The van der Waals surface area contributed by atoms with Crippen molar-refractivity contribution in [2.75, 3.05) is 5.73 Å². The van der Waals surface area contributed by atoms with Gasteiger partial charge in [0.05, 0.1) is 0 Å². The standard InChI is InChI=1S/C10H17N3O2/c1-4-6(2)7(3)13-5-8(11)9(14)12-10(13)15/h5-7H,4,11H2,1-3H3,(H,12,14,15). The highest BCUT2D eigenvalue weighted by molar-refractivity contribution is 5.30. The maximum absolute atomic E-state index is 11.5.